The predicted octanol–water partition coefficient (Wildman–Crippen LogP) is -0.0204. The van der Waals surface area contributed by atoms with E-state index in [2.05, 4.69) is 0 Å². The molecule has 2 rings (SSSR count). The molecule has 2 aliphatic heterocycles. The number of likely N-dealkylation sites (tertiary alicyclic amines) is 1. The van der Waals surface area contributed by atoms with Crippen molar-refractivity contribution in [3.63, 3.8) is 0 Å². The molecule has 0 saturated carbocycles. The molecule has 7 nitrogen and oxygen atoms in total. The van der Waals surface area contributed by atoms with Crippen LogP contribution in [0.5, 0.6) is 0 Å². The topological polar surface area (TPSA) is 95.0 Å². The maximum absolute atomic E-state index is 12.6. The highest BCUT2D eigenvalue weighted by molar-refractivity contribution is 7.88. The number of hydrogen-bond acceptors (Lipinski definition) is 4. The number of piperidine rings is 1. The summed E-state index contributed by atoms with van der Waals surface area (Å²) in [7, 11) is -3.42. The van der Waals surface area contributed by atoms with Crippen LogP contribution in [-0.4, -0.2) is 66.5 Å². The number of carbonyl (C=O) groups is 2. The van der Waals surface area contributed by atoms with Gasteiger partial charge in [0.05, 0.1) is 12.2 Å². The predicted molar refractivity (Wildman–Crippen MR) is 76.1 cm³/mol. The Bertz CT molecular complexity index is 533. The zero-order valence-corrected chi connectivity index (χ0v) is 13.2. The Labute approximate surface area is 125 Å². The van der Waals surface area contributed by atoms with Gasteiger partial charge in [0.1, 0.15) is 6.04 Å². The molecule has 0 spiro atoms. The minimum absolute atomic E-state index is 0.110. The molecule has 0 aromatic carbocycles. The molecular formula is C13H22N2O5S. The van der Waals surface area contributed by atoms with Crippen molar-refractivity contribution in [3.05, 3.63) is 0 Å². The third kappa shape index (κ3) is 3.37. The van der Waals surface area contributed by atoms with Crippen LogP contribution in [0.2, 0.25) is 0 Å². The molecule has 2 aliphatic rings. The van der Waals surface area contributed by atoms with E-state index in [1.165, 1.54) is 9.21 Å². The Morgan fingerprint density at radius 3 is 2.38 bits per heavy atom. The number of carbonyl (C=O) groups excluding carboxylic acids is 1. The van der Waals surface area contributed by atoms with E-state index in [0.717, 1.165) is 19.1 Å². The van der Waals surface area contributed by atoms with Crippen LogP contribution in [0.4, 0.5) is 0 Å². The highest BCUT2D eigenvalue weighted by atomic mass is 32.2. The monoisotopic (exact) mass is 318 g/mol. The van der Waals surface area contributed by atoms with E-state index >= 15 is 0 Å². The first-order valence-electron chi connectivity index (χ1n) is 7.20. The van der Waals surface area contributed by atoms with Crippen LogP contribution in [0.3, 0.4) is 0 Å². The first-order valence-corrected chi connectivity index (χ1v) is 9.05. The van der Waals surface area contributed by atoms with Crippen molar-refractivity contribution in [2.45, 2.75) is 32.2 Å². The Morgan fingerprint density at radius 2 is 1.86 bits per heavy atom. The molecule has 0 aliphatic carbocycles. The molecule has 120 valence electrons. The van der Waals surface area contributed by atoms with Gasteiger partial charge in [-0.05, 0) is 18.8 Å². The van der Waals surface area contributed by atoms with Crippen LogP contribution in [0.25, 0.3) is 0 Å². The van der Waals surface area contributed by atoms with Gasteiger partial charge < -0.3 is 10.0 Å². The number of aliphatic carboxylic acids is 1. The largest absolute Gasteiger partial charge is 0.481 e. The third-order valence-electron chi connectivity index (χ3n) is 4.41. The zero-order valence-electron chi connectivity index (χ0n) is 12.4. The molecule has 1 amide bonds. The molecule has 2 heterocycles. The Kier molecular flexibility index (Phi) is 4.57. The van der Waals surface area contributed by atoms with Gasteiger partial charge in [-0.15, -0.1) is 0 Å². The highest BCUT2D eigenvalue weighted by Crippen LogP contribution is 2.27. The summed E-state index contributed by atoms with van der Waals surface area (Å²) in [4.78, 5) is 25.2. The van der Waals surface area contributed by atoms with E-state index in [1.807, 2.05) is 0 Å². The summed E-state index contributed by atoms with van der Waals surface area (Å²) in [5, 5.41) is 9.13. The van der Waals surface area contributed by atoms with Crippen LogP contribution >= 0.6 is 0 Å². The maximum atomic E-state index is 12.6. The SMILES string of the molecule is C[C@@H]1CN(C(=O)C2CCCCN2S(C)(=O)=O)C[C@H]1C(=O)O. The second-order valence-corrected chi connectivity index (χ2v) is 7.99. The van der Waals surface area contributed by atoms with Gasteiger partial charge in [-0.25, -0.2) is 8.42 Å². The fraction of sp³-hybridized carbons (Fsp3) is 0.846. The van der Waals surface area contributed by atoms with Gasteiger partial charge in [0.2, 0.25) is 15.9 Å². The number of carboxylic acids is 1. The average Bonchev–Trinajstić information content (AvgIpc) is 2.79. The Morgan fingerprint density at radius 1 is 1.19 bits per heavy atom. The van der Waals surface area contributed by atoms with Crippen molar-refractivity contribution in [1.29, 1.82) is 0 Å². The van der Waals surface area contributed by atoms with Gasteiger partial charge in [0.25, 0.3) is 0 Å². The molecule has 2 fully saturated rings. The molecule has 0 radical (unpaired) electrons. The molecule has 0 aromatic heterocycles. The fourth-order valence-electron chi connectivity index (χ4n) is 3.23. The van der Waals surface area contributed by atoms with Gasteiger partial charge in [0, 0.05) is 19.6 Å². The lowest BCUT2D eigenvalue weighted by Gasteiger charge is -2.35. The van der Waals surface area contributed by atoms with E-state index in [0.29, 0.717) is 19.5 Å². The molecule has 8 heteroatoms. The summed E-state index contributed by atoms with van der Waals surface area (Å²) in [6.07, 6.45) is 3.19. The molecule has 0 aromatic rings. The summed E-state index contributed by atoms with van der Waals surface area (Å²) in [6, 6.07) is -0.673. The first-order chi connectivity index (χ1) is 9.71. The van der Waals surface area contributed by atoms with E-state index < -0.39 is 28.0 Å². The molecule has 1 N–H and O–H groups in total. The quantitative estimate of drug-likeness (QED) is 0.789. The van der Waals surface area contributed by atoms with Crippen molar-refractivity contribution in [2.24, 2.45) is 11.8 Å². The zero-order chi connectivity index (χ0) is 15.8. The number of rotatable bonds is 3. The maximum Gasteiger partial charge on any atom is 0.308 e. The molecule has 3 atom stereocenters. The van der Waals surface area contributed by atoms with E-state index in [1.54, 1.807) is 6.92 Å². The molecule has 2 saturated heterocycles. The fourth-order valence-corrected chi connectivity index (χ4v) is 4.35. The standard InChI is InChI=1S/C13H22N2O5S/c1-9-7-14(8-10(9)13(17)18)12(16)11-5-3-4-6-15(11)21(2,19)20/h9-11H,3-8H2,1-2H3,(H,17,18)/t9-,10-,11?/m1/s1. The van der Waals surface area contributed by atoms with E-state index in [-0.39, 0.29) is 18.4 Å². The lowest BCUT2D eigenvalue weighted by Crippen LogP contribution is -2.52. The number of nitrogens with zero attached hydrogens (tertiary/aromatic N) is 2. The first kappa shape index (κ1) is 16.2. The lowest BCUT2D eigenvalue weighted by atomic mass is 9.99. The summed E-state index contributed by atoms with van der Waals surface area (Å²) >= 11 is 0. The normalized spacial score (nSPS) is 31.3. The lowest BCUT2D eigenvalue weighted by molar-refractivity contribution is -0.142. The highest BCUT2D eigenvalue weighted by Gasteiger charge is 2.42. The Hall–Kier alpha value is -1.15. The van der Waals surface area contributed by atoms with Crippen molar-refractivity contribution >= 4 is 21.9 Å². The second kappa shape index (κ2) is 5.92. The van der Waals surface area contributed by atoms with Gasteiger partial charge >= 0.3 is 5.97 Å². The van der Waals surface area contributed by atoms with Crippen molar-refractivity contribution < 1.29 is 23.1 Å². The molecular weight excluding hydrogens is 296 g/mol. The smallest absolute Gasteiger partial charge is 0.308 e. The summed E-state index contributed by atoms with van der Waals surface area (Å²) < 4.78 is 24.9. The molecule has 21 heavy (non-hydrogen) atoms. The average molecular weight is 318 g/mol. The van der Waals surface area contributed by atoms with Crippen LogP contribution in [0.15, 0.2) is 0 Å². The van der Waals surface area contributed by atoms with Gasteiger partial charge in [-0.1, -0.05) is 13.3 Å². The van der Waals surface area contributed by atoms with Crippen molar-refractivity contribution in [1.82, 2.24) is 9.21 Å². The van der Waals surface area contributed by atoms with Gasteiger partial charge in [-0.3, -0.25) is 9.59 Å². The Balaban J connectivity index is 2.13. The molecule has 0 bridgehead atoms. The summed E-state index contributed by atoms with van der Waals surface area (Å²) in [5.41, 5.74) is 0. The number of sulfonamides is 1. The number of amides is 1. The van der Waals surface area contributed by atoms with Crippen LogP contribution in [0, 0.1) is 11.8 Å². The number of hydrogen-bond donors (Lipinski definition) is 1. The minimum Gasteiger partial charge on any atom is -0.481 e. The van der Waals surface area contributed by atoms with Crippen molar-refractivity contribution in [2.75, 3.05) is 25.9 Å². The third-order valence-corrected chi connectivity index (χ3v) is 5.69. The van der Waals surface area contributed by atoms with Crippen LogP contribution < -0.4 is 0 Å². The molecule has 1 unspecified atom stereocenters. The van der Waals surface area contributed by atoms with Gasteiger partial charge in [0.15, 0.2) is 0 Å². The van der Waals surface area contributed by atoms with Gasteiger partial charge in [-0.2, -0.15) is 4.31 Å². The summed E-state index contributed by atoms with van der Waals surface area (Å²) in [6.45, 7) is 2.72. The van der Waals surface area contributed by atoms with Crippen LogP contribution in [0.1, 0.15) is 26.2 Å². The van der Waals surface area contributed by atoms with E-state index in [9.17, 15) is 18.0 Å². The second-order valence-electron chi connectivity index (χ2n) is 6.05. The minimum atomic E-state index is -3.42. The summed E-state index contributed by atoms with van der Waals surface area (Å²) in [5.74, 6) is -1.83. The van der Waals surface area contributed by atoms with E-state index in [4.69, 9.17) is 5.11 Å². The van der Waals surface area contributed by atoms with Crippen molar-refractivity contribution in [3.8, 4) is 0 Å². The number of carboxylic acid groups (broad SMARTS) is 1. The van der Waals surface area contributed by atoms with Crippen LogP contribution in [-0.2, 0) is 19.6 Å².